The summed E-state index contributed by atoms with van der Waals surface area (Å²) < 4.78 is 27.7. The van der Waals surface area contributed by atoms with Crippen LogP contribution in [0.5, 0.6) is 0 Å². The van der Waals surface area contributed by atoms with Crippen molar-refractivity contribution in [2.75, 3.05) is 17.0 Å². The third-order valence-corrected chi connectivity index (χ3v) is 7.20. The maximum atomic E-state index is 12.6. The number of thioether (sulfide) groups is 1. The van der Waals surface area contributed by atoms with Gasteiger partial charge in [0.15, 0.2) is 0 Å². The molecule has 162 valence electrons. The second-order valence-corrected chi connectivity index (χ2v) is 10.1. The molecule has 8 heteroatoms. The van der Waals surface area contributed by atoms with Gasteiger partial charge in [-0.1, -0.05) is 59.6 Å². The van der Waals surface area contributed by atoms with E-state index in [9.17, 15) is 13.2 Å². The van der Waals surface area contributed by atoms with Crippen LogP contribution in [-0.4, -0.2) is 26.6 Å². The Morgan fingerprint density at radius 1 is 1.00 bits per heavy atom. The molecule has 0 aliphatic carbocycles. The Morgan fingerprint density at radius 3 is 2.42 bits per heavy atom. The Morgan fingerprint density at radius 2 is 1.71 bits per heavy atom. The van der Waals surface area contributed by atoms with E-state index in [0.29, 0.717) is 6.54 Å². The van der Waals surface area contributed by atoms with E-state index in [1.54, 1.807) is 23.9 Å². The highest BCUT2D eigenvalue weighted by atomic mass is 35.5. The molecule has 0 bridgehead atoms. The number of halogens is 1. The summed E-state index contributed by atoms with van der Waals surface area (Å²) in [6, 6.07) is 21.1. The second-order valence-electron chi connectivity index (χ2n) is 6.91. The van der Waals surface area contributed by atoms with Crippen molar-refractivity contribution in [1.29, 1.82) is 0 Å². The topological polar surface area (TPSA) is 75.3 Å². The van der Waals surface area contributed by atoms with Crippen molar-refractivity contribution in [3.05, 3.63) is 94.5 Å². The fourth-order valence-corrected chi connectivity index (χ4v) is 4.86. The van der Waals surface area contributed by atoms with Gasteiger partial charge in [-0.3, -0.25) is 9.52 Å². The lowest BCUT2D eigenvalue weighted by molar-refractivity contribution is 0.0956. The molecule has 3 aromatic carbocycles. The number of nitrogens with one attached hydrogen (secondary N) is 2. The number of carbonyl (C=O) groups excluding carboxylic acids is 1. The summed E-state index contributed by atoms with van der Waals surface area (Å²) in [6.45, 7) is 2.36. The first kappa shape index (κ1) is 23.2. The number of amides is 1. The number of aryl methyl sites for hydroxylation is 1. The van der Waals surface area contributed by atoms with E-state index >= 15 is 0 Å². The van der Waals surface area contributed by atoms with Crippen molar-refractivity contribution in [3.63, 3.8) is 0 Å². The molecule has 3 rings (SSSR count). The van der Waals surface area contributed by atoms with Crippen molar-refractivity contribution >= 4 is 45.0 Å². The number of benzene rings is 3. The van der Waals surface area contributed by atoms with Gasteiger partial charge in [-0.2, -0.15) is 11.8 Å². The highest BCUT2D eigenvalue weighted by molar-refractivity contribution is 7.98. The van der Waals surface area contributed by atoms with Gasteiger partial charge in [0.1, 0.15) is 0 Å². The summed E-state index contributed by atoms with van der Waals surface area (Å²) in [7, 11) is -3.76. The van der Waals surface area contributed by atoms with Gasteiger partial charge in [-0.15, -0.1) is 0 Å². The van der Waals surface area contributed by atoms with Gasteiger partial charge >= 0.3 is 0 Å². The summed E-state index contributed by atoms with van der Waals surface area (Å²) in [5, 5.41) is 3.09. The molecule has 0 heterocycles. The monoisotopic (exact) mass is 474 g/mol. The number of sulfonamides is 1. The highest BCUT2D eigenvalue weighted by Crippen LogP contribution is 2.23. The van der Waals surface area contributed by atoms with Crippen molar-refractivity contribution < 1.29 is 13.2 Å². The molecular formula is C23H23ClN2O3S2. The summed E-state index contributed by atoms with van der Waals surface area (Å²) in [5.74, 6) is 1.27. The van der Waals surface area contributed by atoms with Gasteiger partial charge in [-0.25, -0.2) is 8.42 Å². The van der Waals surface area contributed by atoms with E-state index in [-0.39, 0.29) is 27.1 Å². The zero-order valence-corrected chi connectivity index (χ0v) is 19.4. The summed E-state index contributed by atoms with van der Waals surface area (Å²) in [4.78, 5) is 12.7. The Labute approximate surface area is 192 Å². The van der Waals surface area contributed by atoms with E-state index in [1.165, 1.54) is 35.9 Å². The van der Waals surface area contributed by atoms with Crippen LogP contribution in [0.4, 0.5) is 5.69 Å². The molecule has 2 N–H and O–H groups in total. The van der Waals surface area contributed by atoms with Crippen LogP contribution < -0.4 is 10.0 Å². The average Bonchev–Trinajstić information content (AvgIpc) is 2.75. The molecular weight excluding hydrogens is 452 g/mol. The van der Waals surface area contributed by atoms with Crippen LogP contribution in [-0.2, 0) is 15.8 Å². The van der Waals surface area contributed by atoms with Crippen LogP contribution >= 0.6 is 23.4 Å². The normalized spacial score (nSPS) is 11.2. The predicted molar refractivity (Wildman–Crippen MR) is 128 cm³/mol. The fraction of sp³-hybridized carbons (Fsp3) is 0.174. The number of anilines is 1. The molecule has 0 unspecified atom stereocenters. The van der Waals surface area contributed by atoms with Crippen LogP contribution in [0.25, 0.3) is 0 Å². The van der Waals surface area contributed by atoms with Gasteiger partial charge in [0.2, 0.25) is 0 Å². The van der Waals surface area contributed by atoms with Crippen LogP contribution in [0.2, 0.25) is 5.02 Å². The summed E-state index contributed by atoms with van der Waals surface area (Å²) in [6.07, 6.45) is 0. The highest BCUT2D eigenvalue weighted by Gasteiger charge is 2.16. The molecule has 0 saturated carbocycles. The van der Waals surface area contributed by atoms with Crippen LogP contribution in [0.3, 0.4) is 0 Å². The van der Waals surface area contributed by atoms with Crippen molar-refractivity contribution in [2.45, 2.75) is 17.6 Å². The molecule has 0 spiro atoms. The molecule has 0 atom stereocenters. The number of hydrogen-bond acceptors (Lipinski definition) is 4. The molecule has 3 aromatic rings. The number of hydrogen-bond donors (Lipinski definition) is 2. The molecule has 0 aliphatic rings. The second kappa shape index (κ2) is 10.7. The molecule has 0 radical (unpaired) electrons. The third kappa shape index (κ3) is 6.75. The van der Waals surface area contributed by atoms with Crippen LogP contribution in [0.1, 0.15) is 21.5 Å². The van der Waals surface area contributed by atoms with Gasteiger partial charge in [0.25, 0.3) is 15.9 Å². The van der Waals surface area contributed by atoms with Crippen molar-refractivity contribution in [3.8, 4) is 0 Å². The van der Waals surface area contributed by atoms with E-state index in [0.717, 1.165) is 17.1 Å². The van der Waals surface area contributed by atoms with E-state index in [1.807, 2.05) is 25.1 Å². The van der Waals surface area contributed by atoms with Gasteiger partial charge < -0.3 is 5.32 Å². The molecule has 1 amide bonds. The van der Waals surface area contributed by atoms with Crippen LogP contribution in [0, 0.1) is 6.92 Å². The van der Waals surface area contributed by atoms with Gasteiger partial charge in [0.05, 0.1) is 15.5 Å². The van der Waals surface area contributed by atoms with Gasteiger partial charge in [0, 0.05) is 23.7 Å². The fourth-order valence-electron chi connectivity index (χ4n) is 2.79. The zero-order chi connectivity index (χ0) is 22.3. The van der Waals surface area contributed by atoms with E-state index < -0.39 is 10.0 Å². The SMILES string of the molecule is Cc1ccc(S(=O)(=O)Nc2ccc(Cl)c(C(=O)NCCSCc3ccccc3)c2)cc1. The maximum absolute atomic E-state index is 12.6. The summed E-state index contributed by atoms with van der Waals surface area (Å²) in [5.41, 5.74) is 2.69. The molecule has 0 aliphatic heterocycles. The van der Waals surface area contributed by atoms with Gasteiger partial charge in [-0.05, 0) is 42.8 Å². The first-order valence-corrected chi connectivity index (χ1v) is 12.7. The third-order valence-electron chi connectivity index (χ3n) is 4.44. The Kier molecular flexibility index (Phi) is 8.01. The minimum atomic E-state index is -3.76. The van der Waals surface area contributed by atoms with Crippen LogP contribution in [0.15, 0.2) is 77.7 Å². The zero-order valence-electron chi connectivity index (χ0n) is 17.0. The smallest absolute Gasteiger partial charge is 0.261 e. The molecule has 5 nitrogen and oxygen atoms in total. The molecule has 0 aromatic heterocycles. The quantitative estimate of drug-likeness (QED) is 0.422. The molecule has 31 heavy (non-hydrogen) atoms. The minimum absolute atomic E-state index is 0.148. The van der Waals surface area contributed by atoms with Crippen molar-refractivity contribution in [2.24, 2.45) is 0 Å². The number of carbonyl (C=O) groups is 1. The average molecular weight is 475 g/mol. The first-order chi connectivity index (χ1) is 14.8. The predicted octanol–water partition coefficient (Wildman–Crippen LogP) is 5.11. The summed E-state index contributed by atoms with van der Waals surface area (Å²) >= 11 is 7.89. The molecule has 0 saturated heterocycles. The van der Waals surface area contributed by atoms with E-state index in [4.69, 9.17) is 11.6 Å². The minimum Gasteiger partial charge on any atom is -0.351 e. The Hall–Kier alpha value is -2.48. The Balaban J connectivity index is 1.58. The first-order valence-electron chi connectivity index (χ1n) is 9.64. The van der Waals surface area contributed by atoms with E-state index in [2.05, 4.69) is 22.2 Å². The lowest BCUT2D eigenvalue weighted by Gasteiger charge is -2.11. The maximum Gasteiger partial charge on any atom is 0.261 e. The largest absolute Gasteiger partial charge is 0.351 e. The molecule has 0 fully saturated rings. The number of rotatable bonds is 9. The lowest BCUT2D eigenvalue weighted by atomic mass is 10.2. The lowest BCUT2D eigenvalue weighted by Crippen LogP contribution is -2.26. The standard InChI is InChI=1S/C23H23ClN2O3S2/c1-17-7-10-20(11-8-17)31(28,29)26-19-9-12-22(24)21(15-19)23(27)25-13-14-30-16-18-5-3-2-4-6-18/h2-12,15,26H,13-14,16H2,1H3,(H,25,27). The Bertz CT molecular complexity index is 1140. The van der Waals surface area contributed by atoms with Crippen molar-refractivity contribution in [1.82, 2.24) is 5.32 Å².